The Morgan fingerprint density at radius 2 is 2.22 bits per heavy atom. The molecule has 0 bridgehead atoms. The summed E-state index contributed by atoms with van der Waals surface area (Å²) in [6.07, 6.45) is 2.73. The number of benzene rings is 1. The minimum Gasteiger partial charge on any atom is -0.505 e. The van der Waals surface area contributed by atoms with Crippen LogP contribution in [0.1, 0.15) is 24.7 Å². The van der Waals surface area contributed by atoms with Gasteiger partial charge in [-0.1, -0.05) is 18.7 Å². The van der Waals surface area contributed by atoms with Crippen LogP contribution in [0.15, 0.2) is 34.3 Å². The first-order valence-corrected chi connectivity index (χ1v) is 9.39. The van der Waals surface area contributed by atoms with Crippen molar-refractivity contribution in [3.63, 3.8) is 0 Å². The lowest BCUT2D eigenvalue weighted by atomic mass is 10.0. The Labute approximate surface area is 156 Å². The molecule has 0 saturated carbocycles. The van der Waals surface area contributed by atoms with Crippen LogP contribution < -0.4 is 10.0 Å². The number of carbonyl (C=O) groups excluding carboxylic acids is 1. The number of anilines is 1. The first-order valence-electron chi connectivity index (χ1n) is 7.91. The fourth-order valence-corrected chi connectivity index (χ4v) is 3.88. The summed E-state index contributed by atoms with van der Waals surface area (Å²) in [5, 5.41) is 26.2. The quantitative estimate of drug-likeness (QED) is 0.484. The average molecular weight is 390 g/mol. The highest BCUT2D eigenvalue weighted by atomic mass is 32.2. The fraction of sp³-hybridized carbons (Fsp3) is 0.235. The number of nitrogens with zero attached hydrogens (tertiary/aromatic N) is 2. The van der Waals surface area contributed by atoms with E-state index < -0.39 is 26.6 Å². The molecule has 0 spiro atoms. The van der Waals surface area contributed by atoms with E-state index in [1.807, 2.05) is 0 Å². The number of hydrogen-bond donors (Lipinski definition) is 3. The van der Waals surface area contributed by atoms with E-state index in [1.165, 1.54) is 13.1 Å². The fourth-order valence-electron chi connectivity index (χ4n) is 2.39. The minimum atomic E-state index is -4.15. The van der Waals surface area contributed by atoms with Crippen LogP contribution in [-0.4, -0.2) is 31.1 Å². The molecule has 10 heteroatoms. The van der Waals surface area contributed by atoms with E-state index >= 15 is 0 Å². The van der Waals surface area contributed by atoms with Crippen LogP contribution in [-0.2, 0) is 14.8 Å². The van der Waals surface area contributed by atoms with E-state index in [2.05, 4.69) is 21.8 Å². The van der Waals surface area contributed by atoms with E-state index in [1.54, 1.807) is 13.0 Å². The Hall–Kier alpha value is -3.16. The van der Waals surface area contributed by atoms with Crippen LogP contribution in [0.3, 0.4) is 0 Å². The maximum absolute atomic E-state index is 12.8. The van der Waals surface area contributed by atoms with E-state index in [4.69, 9.17) is 4.52 Å². The lowest BCUT2D eigenvalue weighted by molar-refractivity contribution is -0.111. The SMILES string of the molecule is C=CC(=O)Nc1cc(C#N)c(S(=O)(=O)NCCC)c(-c2cnoc2C)c1O. The molecule has 0 fully saturated rings. The molecule has 0 atom stereocenters. The third-order valence-electron chi connectivity index (χ3n) is 3.65. The number of sulfonamides is 1. The zero-order valence-corrected chi connectivity index (χ0v) is 15.6. The number of aromatic hydroxyl groups is 1. The molecule has 3 N–H and O–H groups in total. The summed E-state index contributed by atoms with van der Waals surface area (Å²) in [7, 11) is -4.15. The molecule has 0 aliphatic heterocycles. The molecule has 0 unspecified atom stereocenters. The van der Waals surface area contributed by atoms with Crippen molar-refractivity contribution in [3.8, 4) is 22.9 Å². The monoisotopic (exact) mass is 390 g/mol. The number of nitriles is 1. The normalized spacial score (nSPS) is 11.0. The lowest BCUT2D eigenvalue weighted by Gasteiger charge is -2.17. The van der Waals surface area contributed by atoms with Crippen molar-refractivity contribution in [3.05, 3.63) is 36.2 Å². The van der Waals surface area contributed by atoms with Crippen LogP contribution in [0, 0.1) is 18.3 Å². The van der Waals surface area contributed by atoms with Gasteiger partial charge in [-0.3, -0.25) is 4.79 Å². The summed E-state index contributed by atoms with van der Waals surface area (Å²) < 4.78 is 33.0. The van der Waals surface area contributed by atoms with Crippen LogP contribution in [0.2, 0.25) is 0 Å². The maximum Gasteiger partial charge on any atom is 0.247 e. The summed E-state index contributed by atoms with van der Waals surface area (Å²) in [6, 6.07) is 2.89. The van der Waals surface area contributed by atoms with Gasteiger partial charge in [0.05, 0.1) is 23.0 Å². The van der Waals surface area contributed by atoms with Crippen molar-refractivity contribution in [2.45, 2.75) is 25.2 Å². The van der Waals surface area contributed by atoms with Gasteiger partial charge in [0.1, 0.15) is 22.5 Å². The highest BCUT2D eigenvalue weighted by Gasteiger charge is 2.30. The molecule has 2 aromatic rings. The molecule has 1 aromatic carbocycles. The molecule has 27 heavy (non-hydrogen) atoms. The summed E-state index contributed by atoms with van der Waals surface area (Å²) in [5.74, 6) is -0.942. The van der Waals surface area contributed by atoms with Gasteiger partial charge < -0.3 is 14.9 Å². The van der Waals surface area contributed by atoms with Crippen molar-refractivity contribution < 1.29 is 22.8 Å². The summed E-state index contributed by atoms with van der Waals surface area (Å²) in [6.45, 7) is 6.77. The average Bonchev–Trinajstić information content (AvgIpc) is 3.06. The molecule has 2 rings (SSSR count). The topological polar surface area (TPSA) is 145 Å². The molecule has 1 aromatic heterocycles. The number of aryl methyl sites for hydroxylation is 1. The molecule has 9 nitrogen and oxygen atoms in total. The zero-order chi connectivity index (χ0) is 20.2. The van der Waals surface area contributed by atoms with Gasteiger partial charge in [-0.2, -0.15) is 5.26 Å². The van der Waals surface area contributed by atoms with Crippen LogP contribution in [0.5, 0.6) is 5.75 Å². The smallest absolute Gasteiger partial charge is 0.247 e. The number of rotatable bonds is 7. The zero-order valence-electron chi connectivity index (χ0n) is 14.7. The molecule has 142 valence electrons. The Morgan fingerprint density at radius 1 is 1.52 bits per heavy atom. The van der Waals surface area contributed by atoms with Crippen molar-refractivity contribution >= 4 is 21.6 Å². The molecule has 0 aliphatic carbocycles. The Balaban J connectivity index is 2.88. The van der Waals surface area contributed by atoms with Gasteiger partial charge in [0.25, 0.3) is 0 Å². The minimum absolute atomic E-state index is 0.138. The van der Waals surface area contributed by atoms with Gasteiger partial charge in [0, 0.05) is 12.1 Å². The molecule has 0 aliphatic rings. The van der Waals surface area contributed by atoms with Crippen molar-refractivity contribution in [1.29, 1.82) is 5.26 Å². The highest BCUT2D eigenvalue weighted by molar-refractivity contribution is 7.89. The lowest BCUT2D eigenvalue weighted by Crippen LogP contribution is -2.26. The van der Waals surface area contributed by atoms with Crippen molar-refractivity contribution in [2.75, 3.05) is 11.9 Å². The van der Waals surface area contributed by atoms with Crippen LogP contribution in [0.4, 0.5) is 5.69 Å². The number of nitrogens with one attached hydrogen (secondary N) is 2. The maximum atomic E-state index is 12.8. The third kappa shape index (κ3) is 3.99. The van der Waals surface area contributed by atoms with Gasteiger partial charge in [0.2, 0.25) is 15.9 Å². The Morgan fingerprint density at radius 3 is 2.74 bits per heavy atom. The summed E-state index contributed by atoms with van der Waals surface area (Å²) >= 11 is 0. The summed E-state index contributed by atoms with van der Waals surface area (Å²) in [5.41, 5.74) is -0.404. The first kappa shape index (κ1) is 20.2. The number of carbonyl (C=O) groups is 1. The van der Waals surface area contributed by atoms with Crippen LogP contribution in [0.25, 0.3) is 11.1 Å². The number of phenolic OH excluding ortho intramolecular Hbond substituents is 1. The second-order valence-corrected chi connectivity index (χ2v) is 7.23. The first-order chi connectivity index (χ1) is 12.8. The molecule has 1 amide bonds. The van der Waals surface area contributed by atoms with Crippen LogP contribution >= 0.6 is 0 Å². The largest absolute Gasteiger partial charge is 0.505 e. The van der Waals surface area contributed by atoms with Crippen molar-refractivity contribution in [2.24, 2.45) is 0 Å². The van der Waals surface area contributed by atoms with Gasteiger partial charge in [-0.25, -0.2) is 13.1 Å². The van der Waals surface area contributed by atoms with Gasteiger partial charge >= 0.3 is 0 Å². The predicted molar refractivity (Wildman–Crippen MR) is 97.4 cm³/mol. The van der Waals surface area contributed by atoms with E-state index in [0.717, 1.165) is 12.1 Å². The molecule has 0 radical (unpaired) electrons. The molecule has 1 heterocycles. The highest BCUT2D eigenvalue weighted by Crippen LogP contribution is 2.43. The Kier molecular flexibility index (Phi) is 5.99. The van der Waals surface area contributed by atoms with Gasteiger partial charge in [0.15, 0.2) is 0 Å². The number of hydrogen-bond acceptors (Lipinski definition) is 7. The second-order valence-electron chi connectivity index (χ2n) is 5.52. The Bertz CT molecular complexity index is 1030. The van der Waals surface area contributed by atoms with E-state index in [-0.39, 0.29) is 34.7 Å². The van der Waals surface area contributed by atoms with Gasteiger partial charge in [-0.05, 0) is 25.5 Å². The second kappa shape index (κ2) is 8.03. The third-order valence-corrected chi connectivity index (χ3v) is 5.19. The predicted octanol–water partition coefficient (Wildman–Crippen LogP) is 2.04. The number of phenols is 1. The molecule has 0 saturated heterocycles. The number of aromatic nitrogens is 1. The molecular formula is C17H18N4O5S. The summed E-state index contributed by atoms with van der Waals surface area (Å²) in [4.78, 5) is 11.2. The molecular weight excluding hydrogens is 372 g/mol. The standard InChI is InChI=1S/C17H18N4O5S/c1-4-6-20-27(24,25)17-11(8-18)7-13(21-14(22)5-2)16(23)15(17)12-9-19-26-10(12)3/h5,7,9,20,23H,2,4,6H2,1,3H3,(H,21,22). The van der Waals surface area contributed by atoms with E-state index in [0.29, 0.717) is 6.42 Å². The number of amides is 1. The van der Waals surface area contributed by atoms with Crippen molar-refractivity contribution in [1.82, 2.24) is 9.88 Å². The van der Waals surface area contributed by atoms with E-state index in [9.17, 15) is 23.6 Å². The van der Waals surface area contributed by atoms with Gasteiger partial charge in [-0.15, -0.1) is 0 Å².